The van der Waals surface area contributed by atoms with Gasteiger partial charge in [0, 0.05) is 18.0 Å². The van der Waals surface area contributed by atoms with Crippen molar-refractivity contribution in [3.8, 4) is 17.3 Å². The van der Waals surface area contributed by atoms with Crippen LogP contribution < -0.4 is 10.6 Å². The van der Waals surface area contributed by atoms with Crippen LogP contribution >= 0.6 is 0 Å². The van der Waals surface area contributed by atoms with Crippen molar-refractivity contribution >= 4 is 29.4 Å². The average molecular weight is 450 g/mol. The molecule has 11 nitrogen and oxygen atoms in total. The Bertz CT molecular complexity index is 1190. The molecule has 1 atom stereocenters. The van der Waals surface area contributed by atoms with Crippen LogP contribution in [0.1, 0.15) is 48.3 Å². The molecule has 1 aromatic heterocycles. The second kappa shape index (κ2) is 8.74. The van der Waals surface area contributed by atoms with Crippen molar-refractivity contribution in [3.05, 3.63) is 35.5 Å². The van der Waals surface area contributed by atoms with E-state index < -0.39 is 18.3 Å². The molecule has 11 heteroatoms. The van der Waals surface area contributed by atoms with Gasteiger partial charge in [0.25, 0.3) is 5.91 Å². The number of aliphatic carboxylic acids is 1. The number of nitrogens with one attached hydrogen (secondary N) is 2. The maximum atomic E-state index is 13.0. The van der Waals surface area contributed by atoms with Crippen molar-refractivity contribution < 1.29 is 24.3 Å². The summed E-state index contributed by atoms with van der Waals surface area (Å²) in [5, 5.41) is 27.8. The number of hydrogen-bond acceptors (Lipinski definition) is 6. The number of carboxylic acid groups (broad SMARTS) is 1. The number of benzene rings is 1. The number of rotatable bonds is 7. The van der Waals surface area contributed by atoms with E-state index in [1.807, 2.05) is 6.92 Å². The van der Waals surface area contributed by atoms with Gasteiger partial charge in [-0.1, -0.05) is 0 Å². The third-order valence-electron chi connectivity index (χ3n) is 5.55. The number of hydrogen-bond donors (Lipinski definition) is 3. The van der Waals surface area contributed by atoms with Gasteiger partial charge in [-0.25, -0.2) is 0 Å². The molecule has 0 spiro atoms. The van der Waals surface area contributed by atoms with E-state index >= 15 is 0 Å². The lowest BCUT2D eigenvalue weighted by atomic mass is 10.1. The van der Waals surface area contributed by atoms with Crippen molar-refractivity contribution in [1.29, 1.82) is 5.26 Å². The van der Waals surface area contributed by atoms with Crippen molar-refractivity contribution in [2.75, 3.05) is 18.5 Å². The molecule has 2 heterocycles. The fourth-order valence-corrected chi connectivity index (χ4v) is 3.70. The lowest BCUT2D eigenvalue weighted by Gasteiger charge is -2.31. The zero-order valence-corrected chi connectivity index (χ0v) is 17.9. The normalized spacial score (nSPS) is 17.2. The number of nitriles is 1. The number of aromatic nitrogens is 2. The predicted molar refractivity (Wildman–Crippen MR) is 115 cm³/mol. The molecule has 2 aliphatic rings. The quantitative estimate of drug-likeness (QED) is 0.537. The first-order chi connectivity index (χ1) is 15.8. The summed E-state index contributed by atoms with van der Waals surface area (Å²) in [6, 6.07) is 8.36. The minimum atomic E-state index is -1.25. The molecule has 2 aromatic rings. The second-order valence-electron chi connectivity index (χ2n) is 8.20. The largest absolute Gasteiger partial charge is 0.481 e. The number of anilines is 1. The number of nitrogens with zero attached hydrogens (tertiary/aromatic N) is 4. The molecular formula is C22H22N6O5. The molecule has 0 radical (unpaired) electrons. The average Bonchev–Trinajstić information content (AvgIpc) is 3.53. The Labute approximate surface area is 189 Å². The second-order valence-corrected chi connectivity index (χ2v) is 8.20. The molecule has 170 valence electrons. The Hall–Kier alpha value is -4.20. The van der Waals surface area contributed by atoms with Crippen LogP contribution in [0.15, 0.2) is 24.3 Å². The fourth-order valence-electron chi connectivity index (χ4n) is 3.70. The van der Waals surface area contributed by atoms with Crippen LogP contribution in [0.3, 0.4) is 0 Å². The Morgan fingerprint density at radius 3 is 2.70 bits per heavy atom. The monoisotopic (exact) mass is 450 g/mol. The van der Waals surface area contributed by atoms with Crippen LogP contribution in [-0.2, 0) is 14.4 Å². The first-order valence-electron chi connectivity index (χ1n) is 10.5. The highest BCUT2D eigenvalue weighted by Crippen LogP contribution is 2.34. The van der Waals surface area contributed by atoms with Gasteiger partial charge in [0.15, 0.2) is 0 Å². The van der Waals surface area contributed by atoms with Crippen molar-refractivity contribution in [3.63, 3.8) is 0 Å². The molecule has 33 heavy (non-hydrogen) atoms. The highest BCUT2D eigenvalue weighted by atomic mass is 16.4. The van der Waals surface area contributed by atoms with E-state index in [1.54, 1.807) is 28.9 Å². The molecule has 1 aliphatic heterocycles. The van der Waals surface area contributed by atoms with E-state index in [2.05, 4.69) is 21.8 Å². The minimum absolute atomic E-state index is 0.0229. The van der Waals surface area contributed by atoms with E-state index in [0.29, 0.717) is 28.2 Å². The number of fused-ring (bicyclic) bond motifs is 1. The summed E-state index contributed by atoms with van der Waals surface area (Å²) in [4.78, 5) is 49.0. The van der Waals surface area contributed by atoms with Gasteiger partial charge in [-0.15, -0.1) is 0 Å². The lowest BCUT2D eigenvalue weighted by molar-refractivity contribution is -0.140. The van der Waals surface area contributed by atoms with Gasteiger partial charge in [-0.3, -0.25) is 23.9 Å². The standard InChI is InChI=1S/C22H22N6O5/c1-12-10-27(11-24-19(29)8-20(30)31)22(33)18-7-17(26-28(12)18)15-5-2-13(9-23)6-16(15)25-21(32)14-3-4-14/h2,5-7,12,14H,3-4,8,10-11H2,1H3,(H,24,29)(H,25,32)(H,30,31)/t12-/m0/s1. The van der Waals surface area contributed by atoms with Gasteiger partial charge < -0.3 is 20.6 Å². The van der Waals surface area contributed by atoms with E-state index in [-0.39, 0.29) is 37.0 Å². The molecule has 1 aliphatic carbocycles. The number of carbonyl (C=O) groups excluding carboxylic acids is 3. The van der Waals surface area contributed by atoms with E-state index in [4.69, 9.17) is 5.11 Å². The Balaban J connectivity index is 1.59. The van der Waals surface area contributed by atoms with Crippen molar-refractivity contribution in [2.45, 2.75) is 32.2 Å². The Kier molecular flexibility index (Phi) is 5.83. The van der Waals surface area contributed by atoms with Crippen molar-refractivity contribution in [2.24, 2.45) is 5.92 Å². The summed E-state index contributed by atoms with van der Waals surface area (Å²) in [5.41, 5.74) is 2.21. The van der Waals surface area contributed by atoms with E-state index in [9.17, 15) is 24.4 Å². The topological polar surface area (TPSA) is 157 Å². The molecule has 3 N–H and O–H groups in total. The number of amides is 3. The third-order valence-corrected chi connectivity index (χ3v) is 5.55. The van der Waals surface area contributed by atoms with E-state index in [0.717, 1.165) is 12.8 Å². The maximum Gasteiger partial charge on any atom is 0.312 e. The number of carbonyl (C=O) groups is 4. The molecule has 0 bridgehead atoms. The van der Waals surface area contributed by atoms with E-state index in [1.165, 1.54) is 4.90 Å². The molecule has 0 unspecified atom stereocenters. The number of carboxylic acids is 1. The van der Waals surface area contributed by atoms with Crippen LogP contribution in [-0.4, -0.2) is 56.7 Å². The maximum absolute atomic E-state index is 13.0. The van der Waals surface area contributed by atoms with Crippen LogP contribution in [0.5, 0.6) is 0 Å². The summed E-state index contributed by atoms with van der Waals surface area (Å²) >= 11 is 0. The van der Waals surface area contributed by atoms with Gasteiger partial charge in [0.05, 0.1) is 35.7 Å². The Morgan fingerprint density at radius 1 is 1.27 bits per heavy atom. The highest BCUT2D eigenvalue weighted by Gasteiger charge is 2.33. The molecule has 1 saturated carbocycles. The van der Waals surface area contributed by atoms with Crippen LogP contribution in [0.2, 0.25) is 0 Å². The summed E-state index contributed by atoms with van der Waals surface area (Å²) in [6.45, 7) is 2.03. The molecule has 1 aromatic carbocycles. The zero-order chi connectivity index (χ0) is 23.7. The van der Waals surface area contributed by atoms with Gasteiger partial charge in [0.2, 0.25) is 11.8 Å². The summed E-state index contributed by atoms with van der Waals surface area (Å²) in [7, 11) is 0. The molecule has 1 fully saturated rings. The summed E-state index contributed by atoms with van der Waals surface area (Å²) < 4.78 is 1.60. The predicted octanol–water partition coefficient (Wildman–Crippen LogP) is 1.34. The van der Waals surface area contributed by atoms with Gasteiger partial charge in [-0.2, -0.15) is 10.4 Å². The first kappa shape index (κ1) is 22.0. The van der Waals surface area contributed by atoms with Crippen LogP contribution in [0.25, 0.3) is 11.3 Å². The Morgan fingerprint density at radius 2 is 2.03 bits per heavy atom. The highest BCUT2D eigenvalue weighted by molar-refractivity contribution is 5.99. The van der Waals surface area contributed by atoms with Crippen LogP contribution in [0, 0.1) is 17.2 Å². The zero-order valence-electron chi connectivity index (χ0n) is 17.9. The van der Waals surface area contributed by atoms with Gasteiger partial charge in [0.1, 0.15) is 12.1 Å². The van der Waals surface area contributed by atoms with Gasteiger partial charge in [-0.05, 0) is 44.0 Å². The third kappa shape index (κ3) is 4.69. The van der Waals surface area contributed by atoms with Gasteiger partial charge >= 0.3 is 5.97 Å². The summed E-state index contributed by atoms with van der Waals surface area (Å²) in [6.07, 6.45) is 0.999. The first-order valence-corrected chi connectivity index (χ1v) is 10.5. The lowest BCUT2D eigenvalue weighted by Crippen LogP contribution is -2.48. The molecule has 0 saturated heterocycles. The smallest absolute Gasteiger partial charge is 0.312 e. The molecule has 3 amide bonds. The fraction of sp³-hybridized carbons (Fsp3) is 0.364. The molecular weight excluding hydrogens is 428 g/mol. The minimum Gasteiger partial charge on any atom is -0.481 e. The summed E-state index contributed by atoms with van der Waals surface area (Å²) in [5.74, 6) is -2.43. The van der Waals surface area contributed by atoms with Crippen LogP contribution in [0.4, 0.5) is 5.69 Å². The van der Waals surface area contributed by atoms with Crippen molar-refractivity contribution in [1.82, 2.24) is 20.0 Å². The SMILES string of the molecule is C[C@H]1CN(CNC(=O)CC(=O)O)C(=O)c2cc(-c3ccc(C#N)cc3NC(=O)C3CC3)nn21. The molecule has 4 rings (SSSR count).